The Hall–Kier alpha value is -2.11. The molecule has 0 aliphatic rings. The van der Waals surface area contributed by atoms with Crippen LogP contribution in [-0.4, -0.2) is 41.3 Å². The fourth-order valence-electron chi connectivity index (χ4n) is 1.67. The van der Waals surface area contributed by atoms with Crippen LogP contribution >= 0.6 is 0 Å². The zero-order chi connectivity index (χ0) is 13.1. The molecule has 2 rings (SSSR count). The van der Waals surface area contributed by atoms with Crippen molar-refractivity contribution in [2.75, 3.05) is 30.9 Å². The van der Waals surface area contributed by atoms with Crippen LogP contribution in [0.3, 0.4) is 0 Å². The molecule has 0 saturated carbocycles. The number of aryl methyl sites for hydroxylation is 1. The van der Waals surface area contributed by atoms with Crippen LogP contribution < -0.4 is 9.80 Å². The van der Waals surface area contributed by atoms with Crippen molar-refractivity contribution in [3.8, 4) is 0 Å². The number of aromatic amines is 1. The van der Waals surface area contributed by atoms with Crippen LogP contribution in [0.5, 0.6) is 0 Å². The van der Waals surface area contributed by atoms with E-state index in [0.717, 1.165) is 23.0 Å². The standard InChI is InChI=1S/C12H18N6/c1-9-5-10(16-15-9)7-18(4)12-6-11(17(2)3)13-8-14-12/h5-6,8H,7H2,1-4H3,(H,15,16). The summed E-state index contributed by atoms with van der Waals surface area (Å²) in [6.07, 6.45) is 1.58. The van der Waals surface area contributed by atoms with Gasteiger partial charge in [-0.15, -0.1) is 0 Å². The molecule has 0 saturated heterocycles. The fourth-order valence-corrected chi connectivity index (χ4v) is 1.67. The monoisotopic (exact) mass is 246 g/mol. The Kier molecular flexibility index (Phi) is 3.45. The maximum absolute atomic E-state index is 4.27. The van der Waals surface area contributed by atoms with Crippen molar-refractivity contribution in [1.29, 1.82) is 0 Å². The Morgan fingerprint density at radius 3 is 2.44 bits per heavy atom. The van der Waals surface area contributed by atoms with Gasteiger partial charge in [0.05, 0.1) is 12.2 Å². The summed E-state index contributed by atoms with van der Waals surface area (Å²) in [5, 5.41) is 7.16. The van der Waals surface area contributed by atoms with Gasteiger partial charge in [0.25, 0.3) is 0 Å². The van der Waals surface area contributed by atoms with E-state index in [1.165, 1.54) is 0 Å². The first kappa shape index (κ1) is 12.3. The van der Waals surface area contributed by atoms with Gasteiger partial charge in [-0.1, -0.05) is 0 Å². The Balaban J connectivity index is 2.13. The van der Waals surface area contributed by atoms with Gasteiger partial charge < -0.3 is 9.80 Å². The summed E-state index contributed by atoms with van der Waals surface area (Å²) in [6, 6.07) is 3.99. The maximum Gasteiger partial charge on any atom is 0.134 e. The van der Waals surface area contributed by atoms with Crippen LogP contribution in [-0.2, 0) is 6.54 Å². The van der Waals surface area contributed by atoms with Crippen molar-refractivity contribution in [2.45, 2.75) is 13.5 Å². The van der Waals surface area contributed by atoms with E-state index in [2.05, 4.69) is 20.2 Å². The first-order chi connectivity index (χ1) is 8.56. The van der Waals surface area contributed by atoms with E-state index >= 15 is 0 Å². The minimum absolute atomic E-state index is 0.716. The number of aromatic nitrogens is 4. The van der Waals surface area contributed by atoms with Gasteiger partial charge in [-0.2, -0.15) is 5.10 Å². The Morgan fingerprint density at radius 2 is 1.83 bits per heavy atom. The molecule has 0 fully saturated rings. The Morgan fingerprint density at radius 1 is 1.11 bits per heavy atom. The Bertz CT molecular complexity index is 519. The predicted molar refractivity (Wildman–Crippen MR) is 71.8 cm³/mol. The van der Waals surface area contributed by atoms with E-state index in [4.69, 9.17) is 0 Å². The number of nitrogens with one attached hydrogen (secondary N) is 1. The fraction of sp³-hybridized carbons (Fsp3) is 0.417. The van der Waals surface area contributed by atoms with Crippen molar-refractivity contribution in [2.24, 2.45) is 0 Å². The largest absolute Gasteiger partial charge is 0.363 e. The molecule has 96 valence electrons. The molecule has 2 heterocycles. The minimum Gasteiger partial charge on any atom is -0.363 e. The van der Waals surface area contributed by atoms with E-state index in [-0.39, 0.29) is 0 Å². The summed E-state index contributed by atoms with van der Waals surface area (Å²) >= 11 is 0. The van der Waals surface area contributed by atoms with Crippen molar-refractivity contribution in [3.63, 3.8) is 0 Å². The average Bonchev–Trinajstić information content (AvgIpc) is 2.75. The highest BCUT2D eigenvalue weighted by atomic mass is 15.2. The van der Waals surface area contributed by atoms with E-state index in [0.29, 0.717) is 6.54 Å². The molecule has 0 radical (unpaired) electrons. The predicted octanol–water partition coefficient (Wildman–Crippen LogP) is 1.21. The summed E-state index contributed by atoms with van der Waals surface area (Å²) < 4.78 is 0. The van der Waals surface area contributed by atoms with E-state index in [9.17, 15) is 0 Å². The van der Waals surface area contributed by atoms with E-state index in [1.807, 2.05) is 50.0 Å². The molecular formula is C12H18N6. The molecule has 0 bridgehead atoms. The molecule has 2 aromatic heterocycles. The third-order valence-corrected chi connectivity index (χ3v) is 2.65. The maximum atomic E-state index is 4.27. The van der Waals surface area contributed by atoms with Crippen LogP contribution in [0.4, 0.5) is 11.6 Å². The topological polar surface area (TPSA) is 60.9 Å². The lowest BCUT2D eigenvalue weighted by molar-refractivity contribution is 0.846. The van der Waals surface area contributed by atoms with Gasteiger partial charge in [0.2, 0.25) is 0 Å². The SMILES string of the molecule is Cc1cc(CN(C)c2cc(N(C)C)ncn2)n[nH]1. The smallest absolute Gasteiger partial charge is 0.134 e. The third kappa shape index (κ3) is 2.77. The molecule has 0 aromatic carbocycles. The summed E-state index contributed by atoms with van der Waals surface area (Å²) in [5.74, 6) is 1.78. The molecule has 1 N–H and O–H groups in total. The molecule has 0 amide bonds. The second-order valence-electron chi connectivity index (χ2n) is 4.53. The molecular weight excluding hydrogens is 228 g/mol. The summed E-state index contributed by atoms with van der Waals surface area (Å²) in [6.45, 7) is 2.71. The first-order valence-electron chi connectivity index (χ1n) is 5.77. The van der Waals surface area contributed by atoms with Crippen LogP contribution in [0, 0.1) is 6.92 Å². The number of H-pyrrole nitrogens is 1. The lowest BCUT2D eigenvalue weighted by Gasteiger charge is -2.18. The molecule has 0 unspecified atom stereocenters. The van der Waals surface area contributed by atoms with Gasteiger partial charge in [0, 0.05) is 32.9 Å². The summed E-state index contributed by atoms with van der Waals surface area (Å²) in [5.41, 5.74) is 2.06. The molecule has 6 heteroatoms. The molecule has 0 aliphatic heterocycles. The van der Waals surface area contributed by atoms with Crippen LogP contribution in [0.15, 0.2) is 18.5 Å². The van der Waals surface area contributed by atoms with Crippen LogP contribution in [0.1, 0.15) is 11.4 Å². The van der Waals surface area contributed by atoms with E-state index in [1.54, 1.807) is 6.33 Å². The lowest BCUT2D eigenvalue weighted by Crippen LogP contribution is -2.19. The summed E-state index contributed by atoms with van der Waals surface area (Å²) in [4.78, 5) is 12.5. The van der Waals surface area contributed by atoms with Gasteiger partial charge in [-0.25, -0.2) is 9.97 Å². The number of anilines is 2. The van der Waals surface area contributed by atoms with Crippen molar-refractivity contribution in [3.05, 3.63) is 29.8 Å². The number of hydrogen-bond acceptors (Lipinski definition) is 5. The molecule has 0 spiro atoms. The second-order valence-corrected chi connectivity index (χ2v) is 4.53. The van der Waals surface area contributed by atoms with Gasteiger partial charge in [-0.05, 0) is 13.0 Å². The molecule has 2 aromatic rings. The van der Waals surface area contributed by atoms with Crippen LogP contribution in [0.2, 0.25) is 0 Å². The molecule has 6 nitrogen and oxygen atoms in total. The normalized spacial score (nSPS) is 10.4. The van der Waals surface area contributed by atoms with Gasteiger partial charge >= 0.3 is 0 Å². The lowest BCUT2D eigenvalue weighted by atomic mass is 10.3. The number of hydrogen-bond donors (Lipinski definition) is 1. The van der Waals surface area contributed by atoms with Gasteiger partial charge in [-0.3, -0.25) is 5.10 Å². The second kappa shape index (κ2) is 5.03. The molecule has 18 heavy (non-hydrogen) atoms. The van der Waals surface area contributed by atoms with Crippen molar-refractivity contribution >= 4 is 11.6 Å². The highest BCUT2D eigenvalue weighted by Crippen LogP contribution is 2.16. The highest BCUT2D eigenvalue weighted by Gasteiger charge is 2.08. The number of nitrogens with zero attached hydrogens (tertiary/aromatic N) is 5. The van der Waals surface area contributed by atoms with E-state index < -0.39 is 0 Å². The number of rotatable bonds is 4. The minimum atomic E-state index is 0.716. The average molecular weight is 246 g/mol. The van der Waals surface area contributed by atoms with Gasteiger partial charge in [0.15, 0.2) is 0 Å². The highest BCUT2D eigenvalue weighted by molar-refractivity contribution is 5.48. The molecule has 0 aliphatic carbocycles. The van der Waals surface area contributed by atoms with Gasteiger partial charge in [0.1, 0.15) is 18.0 Å². The third-order valence-electron chi connectivity index (χ3n) is 2.65. The first-order valence-corrected chi connectivity index (χ1v) is 5.77. The summed E-state index contributed by atoms with van der Waals surface area (Å²) in [7, 11) is 5.91. The zero-order valence-electron chi connectivity index (χ0n) is 11.2. The van der Waals surface area contributed by atoms with Crippen molar-refractivity contribution < 1.29 is 0 Å². The Labute approximate surface area is 107 Å². The van der Waals surface area contributed by atoms with Crippen molar-refractivity contribution in [1.82, 2.24) is 20.2 Å². The zero-order valence-corrected chi connectivity index (χ0v) is 11.2. The molecule has 0 atom stereocenters. The van der Waals surface area contributed by atoms with Crippen LogP contribution in [0.25, 0.3) is 0 Å². The quantitative estimate of drug-likeness (QED) is 0.878.